The van der Waals surface area contributed by atoms with E-state index in [2.05, 4.69) is 22.4 Å². The van der Waals surface area contributed by atoms with Crippen molar-refractivity contribution >= 4 is 11.7 Å². The minimum atomic E-state index is -0.479. The minimum Gasteiger partial charge on any atom is -0.368 e. The molecule has 0 aliphatic heterocycles. The van der Waals surface area contributed by atoms with Gasteiger partial charge in [0.05, 0.1) is 5.69 Å². The van der Waals surface area contributed by atoms with E-state index in [0.717, 1.165) is 11.1 Å². The average molecular weight is 350 g/mol. The van der Waals surface area contributed by atoms with Crippen molar-refractivity contribution in [1.82, 2.24) is 10.2 Å². The van der Waals surface area contributed by atoms with Crippen molar-refractivity contribution in [2.75, 3.05) is 11.9 Å². The molecule has 132 valence electrons. The number of hydrogen-bond donors (Lipinski definition) is 2. The van der Waals surface area contributed by atoms with Gasteiger partial charge in [-0.1, -0.05) is 31.2 Å². The summed E-state index contributed by atoms with van der Waals surface area (Å²) in [5, 5.41) is 11.6. The summed E-state index contributed by atoms with van der Waals surface area (Å²) in [6, 6.07) is 17.1. The van der Waals surface area contributed by atoms with Crippen LogP contribution in [0.5, 0.6) is 0 Å². The molecule has 0 bridgehead atoms. The molecule has 1 heterocycles. The zero-order chi connectivity index (χ0) is 18.5. The van der Waals surface area contributed by atoms with Gasteiger partial charge in [0.25, 0.3) is 0 Å². The number of amides is 1. The van der Waals surface area contributed by atoms with Gasteiger partial charge in [-0.3, -0.25) is 4.79 Å². The Bertz CT molecular complexity index is 894. The number of anilines is 1. The Morgan fingerprint density at radius 2 is 1.88 bits per heavy atom. The highest BCUT2D eigenvalue weighted by molar-refractivity contribution is 5.93. The summed E-state index contributed by atoms with van der Waals surface area (Å²) in [4.78, 5) is 11.3. The fourth-order valence-corrected chi connectivity index (χ4v) is 2.58. The molecule has 2 aromatic carbocycles. The van der Waals surface area contributed by atoms with Gasteiger partial charge >= 0.3 is 0 Å². The standard InChI is InChI=1S/C20H19FN4O/c1-13(14-5-7-17(21)8-6-14)12-23-19-10-9-18(24-25-19)15-3-2-4-16(11-15)20(22)26/h2-11,13H,12H2,1H3,(H2,22,26)(H,23,25). The number of nitrogens with zero attached hydrogens (tertiary/aromatic N) is 2. The Morgan fingerprint density at radius 1 is 1.12 bits per heavy atom. The first-order chi connectivity index (χ1) is 12.5. The van der Waals surface area contributed by atoms with Crippen molar-refractivity contribution in [2.24, 2.45) is 5.73 Å². The third kappa shape index (κ3) is 4.22. The van der Waals surface area contributed by atoms with E-state index in [1.165, 1.54) is 12.1 Å². The molecule has 1 atom stereocenters. The molecule has 3 aromatic rings. The molecule has 0 saturated carbocycles. The van der Waals surface area contributed by atoms with E-state index >= 15 is 0 Å². The molecular weight excluding hydrogens is 331 g/mol. The first kappa shape index (κ1) is 17.5. The summed E-state index contributed by atoms with van der Waals surface area (Å²) < 4.78 is 13.0. The maximum absolute atomic E-state index is 13.0. The number of rotatable bonds is 6. The maximum Gasteiger partial charge on any atom is 0.248 e. The highest BCUT2D eigenvalue weighted by atomic mass is 19.1. The lowest BCUT2D eigenvalue weighted by Gasteiger charge is -2.13. The van der Waals surface area contributed by atoms with Crippen molar-refractivity contribution in [3.63, 3.8) is 0 Å². The molecule has 1 aromatic heterocycles. The molecule has 0 radical (unpaired) electrons. The number of nitrogens with two attached hydrogens (primary N) is 1. The van der Waals surface area contributed by atoms with Crippen molar-refractivity contribution in [2.45, 2.75) is 12.8 Å². The monoisotopic (exact) mass is 350 g/mol. The van der Waals surface area contributed by atoms with Gasteiger partial charge in [-0.2, -0.15) is 0 Å². The fraction of sp³-hybridized carbons (Fsp3) is 0.150. The van der Waals surface area contributed by atoms with Gasteiger partial charge in [0.15, 0.2) is 0 Å². The molecular formula is C20H19FN4O. The van der Waals surface area contributed by atoms with Gasteiger partial charge < -0.3 is 11.1 Å². The van der Waals surface area contributed by atoms with Gasteiger partial charge in [-0.15, -0.1) is 10.2 Å². The zero-order valence-corrected chi connectivity index (χ0v) is 14.3. The Hall–Kier alpha value is -3.28. The first-order valence-electron chi connectivity index (χ1n) is 8.26. The number of hydrogen-bond acceptors (Lipinski definition) is 4. The number of aromatic nitrogens is 2. The van der Waals surface area contributed by atoms with Crippen LogP contribution < -0.4 is 11.1 Å². The van der Waals surface area contributed by atoms with E-state index in [1.807, 2.05) is 18.2 Å². The summed E-state index contributed by atoms with van der Waals surface area (Å²) in [7, 11) is 0. The molecule has 0 aliphatic rings. The van der Waals surface area contributed by atoms with Crippen LogP contribution in [0, 0.1) is 5.82 Å². The highest BCUT2D eigenvalue weighted by Crippen LogP contribution is 2.20. The van der Waals surface area contributed by atoms with Crippen LogP contribution in [0.15, 0.2) is 60.7 Å². The predicted molar refractivity (Wildman–Crippen MR) is 99.3 cm³/mol. The second-order valence-corrected chi connectivity index (χ2v) is 6.08. The van der Waals surface area contributed by atoms with Crippen LogP contribution in [-0.4, -0.2) is 22.6 Å². The number of primary amides is 1. The Kier molecular flexibility index (Phi) is 5.22. The summed E-state index contributed by atoms with van der Waals surface area (Å²) >= 11 is 0. The SMILES string of the molecule is CC(CNc1ccc(-c2cccc(C(N)=O)c2)nn1)c1ccc(F)cc1. The molecule has 1 amide bonds. The molecule has 0 spiro atoms. The largest absolute Gasteiger partial charge is 0.368 e. The molecule has 3 rings (SSSR count). The van der Waals surface area contributed by atoms with E-state index in [0.29, 0.717) is 23.6 Å². The van der Waals surface area contributed by atoms with E-state index < -0.39 is 5.91 Å². The Labute approximate surface area is 151 Å². The van der Waals surface area contributed by atoms with Crippen LogP contribution in [0.1, 0.15) is 28.8 Å². The topological polar surface area (TPSA) is 80.9 Å². The Balaban J connectivity index is 1.65. The molecule has 5 nitrogen and oxygen atoms in total. The minimum absolute atomic E-state index is 0.198. The van der Waals surface area contributed by atoms with Crippen LogP contribution in [-0.2, 0) is 0 Å². The first-order valence-corrected chi connectivity index (χ1v) is 8.26. The van der Waals surface area contributed by atoms with Crippen LogP contribution in [0.4, 0.5) is 10.2 Å². The van der Waals surface area contributed by atoms with Crippen LogP contribution in [0.2, 0.25) is 0 Å². The molecule has 26 heavy (non-hydrogen) atoms. The van der Waals surface area contributed by atoms with Crippen LogP contribution in [0.25, 0.3) is 11.3 Å². The van der Waals surface area contributed by atoms with E-state index in [1.54, 1.807) is 30.3 Å². The smallest absolute Gasteiger partial charge is 0.248 e. The van der Waals surface area contributed by atoms with Gasteiger partial charge in [0.2, 0.25) is 5.91 Å². The number of halogens is 1. The zero-order valence-electron chi connectivity index (χ0n) is 14.3. The van der Waals surface area contributed by atoms with Crippen LogP contribution in [0.3, 0.4) is 0 Å². The average Bonchev–Trinajstić information content (AvgIpc) is 2.67. The highest BCUT2D eigenvalue weighted by Gasteiger charge is 2.08. The predicted octanol–water partition coefficient (Wildman–Crippen LogP) is 3.60. The van der Waals surface area contributed by atoms with Gasteiger partial charge in [0, 0.05) is 17.7 Å². The van der Waals surface area contributed by atoms with E-state index in [9.17, 15) is 9.18 Å². The van der Waals surface area contributed by atoms with E-state index in [4.69, 9.17) is 5.73 Å². The fourth-order valence-electron chi connectivity index (χ4n) is 2.58. The summed E-state index contributed by atoms with van der Waals surface area (Å²) in [6.45, 7) is 2.70. The summed E-state index contributed by atoms with van der Waals surface area (Å²) in [5.74, 6) is 0.127. The second-order valence-electron chi connectivity index (χ2n) is 6.08. The number of carbonyl (C=O) groups is 1. The number of carbonyl (C=O) groups excluding carboxylic acids is 1. The maximum atomic E-state index is 13.0. The molecule has 0 aliphatic carbocycles. The Morgan fingerprint density at radius 3 is 2.54 bits per heavy atom. The lowest BCUT2D eigenvalue weighted by atomic mass is 10.0. The lowest BCUT2D eigenvalue weighted by Crippen LogP contribution is -2.11. The lowest BCUT2D eigenvalue weighted by molar-refractivity contribution is 0.100. The second kappa shape index (κ2) is 7.74. The third-order valence-corrected chi connectivity index (χ3v) is 4.14. The van der Waals surface area contributed by atoms with E-state index in [-0.39, 0.29) is 11.7 Å². The van der Waals surface area contributed by atoms with Crippen molar-refractivity contribution < 1.29 is 9.18 Å². The normalized spacial score (nSPS) is 11.8. The summed E-state index contributed by atoms with van der Waals surface area (Å²) in [5.41, 5.74) is 8.22. The quantitative estimate of drug-likeness (QED) is 0.712. The van der Waals surface area contributed by atoms with Crippen molar-refractivity contribution in [3.05, 3.63) is 77.6 Å². The molecule has 0 fully saturated rings. The van der Waals surface area contributed by atoms with Crippen molar-refractivity contribution in [1.29, 1.82) is 0 Å². The van der Waals surface area contributed by atoms with Gasteiger partial charge in [-0.25, -0.2) is 4.39 Å². The summed E-state index contributed by atoms with van der Waals surface area (Å²) in [6.07, 6.45) is 0. The van der Waals surface area contributed by atoms with Gasteiger partial charge in [0.1, 0.15) is 11.6 Å². The molecule has 3 N–H and O–H groups in total. The van der Waals surface area contributed by atoms with Crippen LogP contribution >= 0.6 is 0 Å². The van der Waals surface area contributed by atoms with Gasteiger partial charge in [-0.05, 0) is 47.9 Å². The third-order valence-electron chi connectivity index (χ3n) is 4.14. The van der Waals surface area contributed by atoms with Crippen molar-refractivity contribution in [3.8, 4) is 11.3 Å². The molecule has 1 unspecified atom stereocenters. The number of benzene rings is 2. The molecule has 6 heteroatoms. The number of nitrogens with one attached hydrogen (secondary N) is 1. The molecule has 0 saturated heterocycles.